The van der Waals surface area contributed by atoms with Gasteiger partial charge in [0.15, 0.2) is 0 Å². The van der Waals surface area contributed by atoms with E-state index in [1.165, 1.54) is 24.2 Å². The molecule has 0 fully saturated rings. The van der Waals surface area contributed by atoms with E-state index in [9.17, 15) is 14.7 Å². The Morgan fingerprint density at radius 1 is 1.37 bits per heavy atom. The fourth-order valence-corrected chi connectivity index (χ4v) is 3.68. The van der Waals surface area contributed by atoms with Crippen LogP contribution in [0, 0.1) is 6.92 Å². The lowest BCUT2D eigenvalue weighted by Crippen LogP contribution is -2.37. The number of aromatic hydroxyl groups is 1. The lowest BCUT2D eigenvalue weighted by molar-refractivity contribution is -0.113. The summed E-state index contributed by atoms with van der Waals surface area (Å²) in [7, 11) is 3.11. The quantitative estimate of drug-likeness (QED) is 0.752. The minimum Gasteiger partial charge on any atom is -0.507 e. The number of hydrogen-bond donors (Lipinski definition) is 1. The van der Waals surface area contributed by atoms with Gasteiger partial charge in [-0.15, -0.1) is 0 Å². The van der Waals surface area contributed by atoms with Crippen molar-refractivity contribution in [3.05, 3.63) is 57.8 Å². The zero-order chi connectivity index (χ0) is 22.0. The third-order valence-corrected chi connectivity index (χ3v) is 5.66. The predicted octanol–water partition coefficient (Wildman–Crippen LogP) is 3.50. The van der Waals surface area contributed by atoms with Gasteiger partial charge in [-0.2, -0.15) is 0 Å². The zero-order valence-corrected chi connectivity index (χ0v) is 18.2. The largest absolute Gasteiger partial charge is 0.507 e. The van der Waals surface area contributed by atoms with Gasteiger partial charge in [-0.1, -0.05) is 23.7 Å². The first kappa shape index (κ1) is 21.6. The Balaban J connectivity index is 1.89. The van der Waals surface area contributed by atoms with Crippen LogP contribution >= 0.6 is 11.6 Å². The van der Waals surface area contributed by atoms with Crippen molar-refractivity contribution in [2.24, 2.45) is 0 Å². The first-order chi connectivity index (χ1) is 14.3. The molecule has 1 aliphatic heterocycles. The molecule has 1 aromatic heterocycles. The molecule has 0 saturated carbocycles. The van der Waals surface area contributed by atoms with E-state index in [1.807, 2.05) is 6.07 Å². The van der Waals surface area contributed by atoms with Crippen LogP contribution in [0.5, 0.6) is 11.5 Å². The number of methoxy groups -OCH3 is 1. The van der Waals surface area contributed by atoms with E-state index < -0.39 is 0 Å². The average molecular weight is 430 g/mol. The highest BCUT2D eigenvalue weighted by Crippen LogP contribution is 2.37. The van der Waals surface area contributed by atoms with Gasteiger partial charge in [0.25, 0.3) is 11.8 Å². The minimum atomic E-state index is -0.328. The van der Waals surface area contributed by atoms with Gasteiger partial charge in [-0.25, -0.2) is 4.98 Å². The summed E-state index contributed by atoms with van der Waals surface area (Å²) < 4.78 is 5.14. The van der Waals surface area contributed by atoms with Crippen LogP contribution in [0.4, 0.5) is 5.82 Å². The molecule has 0 aliphatic carbocycles. The fraction of sp³-hybridized carbons (Fsp3) is 0.318. The highest BCUT2D eigenvalue weighted by atomic mass is 35.5. The summed E-state index contributed by atoms with van der Waals surface area (Å²) in [5.41, 5.74) is 2.37. The number of nitrogens with zero attached hydrogens (tertiary/aromatic N) is 3. The third kappa shape index (κ3) is 3.98. The number of hydrogen-bond acceptors (Lipinski definition) is 5. The predicted molar refractivity (Wildman–Crippen MR) is 115 cm³/mol. The third-order valence-electron chi connectivity index (χ3n) is 5.19. The number of anilines is 1. The maximum Gasteiger partial charge on any atom is 0.258 e. The number of carbonyl (C=O) groups excluding carboxylic acids is 2. The molecule has 0 unspecified atom stereocenters. The summed E-state index contributed by atoms with van der Waals surface area (Å²) >= 11 is 6.28. The number of pyridine rings is 1. The van der Waals surface area contributed by atoms with Crippen LogP contribution in [0.3, 0.4) is 0 Å². The number of aromatic nitrogens is 1. The lowest BCUT2D eigenvalue weighted by Gasteiger charge is -2.30. The van der Waals surface area contributed by atoms with E-state index in [1.54, 1.807) is 37.9 Å². The van der Waals surface area contributed by atoms with E-state index in [0.717, 1.165) is 11.3 Å². The number of phenolic OH excluding ortho intramolecular Hbond substituents is 1. The molecule has 1 N–H and O–H groups in total. The van der Waals surface area contributed by atoms with Crippen molar-refractivity contribution >= 4 is 29.2 Å². The number of allylic oxidation sites excluding steroid dienone is 1. The Bertz CT molecular complexity index is 1040. The molecule has 2 amide bonds. The molecule has 2 aromatic rings. The Kier molecular flexibility index (Phi) is 6.31. The molecule has 1 aromatic carbocycles. The van der Waals surface area contributed by atoms with Crippen LogP contribution in [-0.2, 0) is 17.8 Å². The van der Waals surface area contributed by atoms with E-state index in [2.05, 4.69) is 4.98 Å². The normalized spacial score (nSPS) is 13.3. The fourth-order valence-electron chi connectivity index (χ4n) is 3.45. The highest BCUT2D eigenvalue weighted by Gasteiger charge is 2.28. The number of benzene rings is 1. The molecule has 8 heteroatoms. The van der Waals surface area contributed by atoms with Gasteiger partial charge in [0, 0.05) is 19.7 Å². The second-order valence-electron chi connectivity index (χ2n) is 7.06. The van der Waals surface area contributed by atoms with Gasteiger partial charge in [0.2, 0.25) is 0 Å². The van der Waals surface area contributed by atoms with Gasteiger partial charge >= 0.3 is 0 Å². The monoisotopic (exact) mass is 429 g/mol. The molecule has 0 radical (unpaired) electrons. The molecule has 2 heterocycles. The van der Waals surface area contributed by atoms with Gasteiger partial charge in [-0.3, -0.25) is 14.5 Å². The molecule has 0 saturated heterocycles. The molecule has 30 heavy (non-hydrogen) atoms. The van der Waals surface area contributed by atoms with Crippen LogP contribution in [0.2, 0.25) is 5.02 Å². The number of amides is 2. The maximum atomic E-state index is 13.2. The van der Waals surface area contributed by atoms with E-state index in [0.29, 0.717) is 35.1 Å². The van der Waals surface area contributed by atoms with E-state index >= 15 is 0 Å². The van der Waals surface area contributed by atoms with Crippen molar-refractivity contribution in [2.45, 2.75) is 26.8 Å². The summed E-state index contributed by atoms with van der Waals surface area (Å²) in [6, 6.07) is 5.08. The van der Waals surface area contributed by atoms with Crippen LogP contribution in [0.15, 0.2) is 30.4 Å². The molecule has 158 valence electrons. The van der Waals surface area contributed by atoms with Crippen LogP contribution in [0.25, 0.3) is 0 Å². The number of ether oxygens (including phenoxy) is 1. The molecular weight excluding hydrogens is 406 g/mol. The number of likely N-dealkylation sites (N-methyl/N-ethyl adjacent to an activating group) is 1. The SMILES string of the molecule is C/C=C/C(=O)N(C)c1ccc2c(n1)CN(C(=O)c1c(O)cc(OC)c(Cl)c1C)CC2. The first-order valence-corrected chi connectivity index (χ1v) is 9.90. The molecule has 0 bridgehead atoms. The Morgan fingerprint density at radius 3 is 2.77 bits per heavy atom. The minimum absolute atomic E-state index is 0.154. The zero-order valence-electron chi connectivity index (χ0n) is 17.4. The first-order valence-electron chi connectivity index (χ1n) is 9.53. The molecule has 3 rings (SSSR count). The van der Waals surface area contributed by atoms with Gasteiger partial charge < -0.3 is 14.7 Å². The molecule has 0 atom stereocenters. The van der Waals surface area contributed by atoms with Crippen molar-refractivity contribution in [1.29, 1.82) is 0 Å². The van der Waals surface area contributed by atoms with Crippen LogP contribution in [-0.4, -0.2) is 47.5 Å². The molecular formula is C22H24ClN3O4. The standard InChI is InChI=1S/C22H24ClN3O4/c1-5-6-19(28)25(3)18-8-7-14-9-10-26(12-15(14)24-18)22(29)20-13(2)21(23)17(30-4)11-16(20)27/h5-8,11,27H,9-10,12H2,1-4H3/b6-5+. The van der Waals surface area contributed by atoms with Gasteiger partial charge in [0.05, 0.1) is 29.9 Å². The number of rotatable bonds is 4. The molecule has 0 spiro atoms. The van der Waals surface area contributed by atoms with E-state index in [4.69, 9.17) is 16.3 Å². The van der Waals surface area contributed by atoms with Crippen molar-refractivity contribution in [3.63, 3.8) is 0 Å². The number of phenols is 1. The molecule has 1 aliphatic rings. The Morgan fingerprint density at radius 2 is 2.10 bits per heavy atom. The van der Waals surface area contributed by atoms with Crippen molar-refractivity contribution < 1.29 is 19.4 Å². The van der Waals surface area contributed by atoms with Crippen molar-refractivity contribution in [1.82, 2.24) is 9.88 Å². The number of carbonyl (C=O) groups is 2. The van der Waals surface area contributed by atoms with Crippen LogP contribution < -0.4 is 9.64 Å². The molecule has 7 nitrogen and oxygen atoms in total. The average Bonchev–Trinajstić information content (AvgIpc) is 2.75. The van der Waals surface area contributed by atoms with Crippen molar-refractivity contribution in [3.8, 4) is 11.5 Å². The van der Waals surface area contributed by atoms with Gasteiger partial charge in [0.1, 0.15) is 17.3 Å². The summed E-state index contributed by atoms with van der Waals surface area (Å²) in [4.78, 5) is 33.0. The summed E-state index contributed by atoms with van der Waals surface area (Å²) in [5, 5.41) is 10.7. The maximum absolute atomic E-state index is 13.2. The van der Waals surface area contributed by atoms with Crippen LogP contribution in [0.1, 0.15) is 34.1 Å². The number of fused-ring (bicyclic) bond motifs is 1. The second kappa shape index (κ2) is 8.75. The summed E-state index contributed by atoms with van der Waals surface area (Å²) in [6.07, 6.45) is 3.77. The Hall–Kier alpha value is -3.06. The Labute approximate surface area is 180 Å². The van der Waals surface area contributed by atoms with Gasteiger partial charge in [-0.05, 0) is 43.5 Å². The summed E-state index contributed by atoms with van der Waals surface area (Å²) in [6.45, 7) is 4.21. The summed E-state index contributed by atoms with van der Waals surface area (Å²) in [5.74, 6) is 0.140. The topological polar surface area (TPSA) is 83.0 Å². The smallest absolute Gasteiger partial charge is 0.258 e. The highest BCUT2D eigenvalue weighted by molar-refractivity contribution is 6.33. The second-order valence-corrected chi connectivity index (χ2v) is 7.44. The van der Waals surface area contributed by atoms with E-state index in [-0.39, 0.29) is 29.7 Å². The number of halogens is 1. The van der Waals surface area contributed by atoms with Crippen molar-refractivity contribution in [2.75, 3.05) is 25.6 Å². The lowest BCUT2D eigenvalue weighted by atomic mass is 10.0.